The van der Waals surface area contributed by atoms with Crippen LogP contribution in [0.15, 0.2) is 271 Å². The Morgan fingerprint density at radius 3 is 1.45 bits per heavy atom. The van der Waals surface area contributed by atoms with E-state index in [9.17, 15) is 0 Å². The lowest BCUT2D eigenvalue weighted by Crippen LogP contribution is -2.10. The first-order valence-corrected chi connectivity index (χ1v) is 24.3. The molecule has 0 N–H and O–H groups in total. The number of para-hydroxylation sites is 3. The zero-order valence-electron chi connectivity index (χ0n) is 38.7. The fraction of sp³-hybridized carbons (Fsp3) is 0. The number of fused-ring (bicyclic) bond motifs is 9. The maximum absolute atomic E-state index is 6.26. The predicted molar refractivity (Wildman–Crippen MR) is 299 cm³/mol. The van der Waals surface area contributed by atoms with Gasteiger partial charge in [-0.3, -0.25) is 0 Å². The molecule has 0 aliphatic carbocycles. The largest absolute Gasteiger partial charge is 0.456 e. The molecule has 0 bridgehead atoms. The molecule has 0 radical (unpaired) electrons. The summed E-state index contributed by atoms with van der Waals surface area (Å²) in [5.41, 5.74) is 18.0. The molecule has 3 nitrogen and oxygen atoms in total. The van der Waals surface area contributed by atoms with Gasteiger partial charge in [-0.25, -0.2) is 0 Å². The standard InChI is InChI=1S/C68H44N2O/c1-2-19-56-52(14-1)44-65(59-21-4-3-20-58(56)59)69(54-40-36-48(37-41-54)49-15-11-17-51(42-49)57-25-13-29-67-68(57)62-24-7-10-28-66(62)71-67)53-38-34-46(35-39-53)45-30-32-47(33-31-45)50-16-12-18-55(43-50)70-63-26-8-5-22-60(63)61-23-6-9-27-64(61)70/h1-44H. The quantitative estimate of drug-likeness (QED) is 0.142. The summed E-state index contributed by atoms with van der Waals surface area (Å²) in [5.74, 6) is 0. The van der Waals surface area contributed by atoms with Gasteiger partial charge in [0, 0.05) is 44.0 Å². The summed E-state index contributed by atoms with van der Waals surface area (Å²) in [5, 5.41) is 9.70. The molecule has 0 aliphatic heterocycles. The van der Waals surface area contributed by atoms with Crippen LogP contribution in [-0.2, 0) is 0 Å². The van der Waals surface area contributed by atoms with Crippen LogP contribution >= 0.6 is 0 Å². The van der Waals surface area contributed by atoms with E-state index < -0.39 is 0 Å². The number of rotatable bonds is 8. The lowest BCUT2D eigenvalue weighted by atomic mass is 9.95. The van der Waals surface area contributed by atoms with E-state index in [0.29, 0.717) is 0 Å². The van der Waals surface area contributed by atoms with Gasteiger partial charge in [-0.2, -0.15) is 0 Å². The van der Waals surface area contributed by atoms with E-state index in [4.69, 9.17) is 4.42 Å². The third kappa shape index (κ3) is 6.89. The van der Waals surface area contributed by atoms with Crippen molar-refractivity contribution in [1.29, 1.82) is 0 Å². The van der Waals surface area contributed by atoms with Crippen LogP contribution in [0, 0.1) is 0 Å². The van der Waals surface area contributed by atoms with Gasteiger partial charge in [-0.05, 0) is 133 Å². The second-order valence-electron chi connectivity index (χ2n) is 18.4. The van der Waals surface area contributed by atoms with Crippen molar-refractivity contribution >= 4 is 82.4 Å². The molecule has 0 saturated heterocycles. The summed E-state index contributed by atoms with van der Waals surface area (Å²) in [6.07, 6.45) is 0. The van der Waals surface area contributed by atoms with Crippen molar-refractivity contribution in [2.24, 2.45) is 0 Å². The van der Waals surface area contributed by atoms with E-state index in [2.05, 4.69) is 264 Å². The highest BCUT2D eigenvalue weighted by Crippen LogP contribution is 2.44. The van der Waals surface area contributed by atoms with Gasteiger partial charge in [-0.1, -0.05) is 194 Å². The Morgan fingerprint density at radius 2 is 0.775 bits per heavy atom. The van der Waals surface area contributed by atoms with Crippen molar-refractivity contribution in [2.45, 2.75) is 0 Å². The molecule has 332 valence electrons. The van der Waals surface area contributed by atoms with Crippen LogP contribution in [0.1, 0.15) is 0 Å². The first kappa shape index (κ1) is 40.6. The summed E-state index contributed by atoms with van der Waals surface area (Å²) in [7, 11) is 0. The summed E-state index contributed by atoms with van der Waals surface area (Å²) in [6, 6.07) is 96.7. The third-order valence-corrected chi connectivity index (χ3v) is 14.4. The van der Waals surface area contributed by atoms with Crippen molar-refractivity contribution in [3.8, 4) is 50.2 Å². The van der Waals surface area contributed by atoms with Gasteiger partial charge < -0.3 is 13.9 Å². The summed E-state index contributed by atoms with van der Waals surface area (Å²) < 4.78 is 8.65. The van der Waals surface area contributed by atoms with Crippen LogP contribution in [0.3, 0.4) is 0 Å². The third-order valence-electron chi connectivity index (χ3n) is 14.4. The average molecular weight is 905 g/mol. The van der Waals surface area contributed by atoms with Crippen LogP contribution in [0.2, 0.25) is 0 Å². The molecule has 0 fully saturated rings. The first-order chi connectivity index (χ1) is 35.2. The molecule has 3 heteroatoms. The minimum absolute atomic E-state index is 0.902. The molecule has 14 rings (SSSR count). The van der Waals surface area contributed by atoms with Crippen LogP contribution < -0.4 is 4.90 Å². The molecule has 0 saturated carbocycles. The van der Waals surface area contributed by atoms with Gasteiger partial charge in [0.2, 0.25) is 0 Å². The number of anilines is 3. The number of furan rings is 1. The maximum atomic E-state index is 6.26. The molecular weight excluding hydrogens is 861 g/mol. The Balaban J connectivity index is 0.813. The number of benzene rings is 12. The Hall–Kier alpha value is -9.44. The van der Waals surface area contributed by atoms with Crippen molar-refractivity contribution in [3.05, 3.63) is 267 Å². The van der Waals surface area contributed by atoms with Gasteiger partial charge in [0.1, 0.15) is 11.2 Å². The summed E-state index contributed by atoms with van der Waals surface area (Å²) in [4.78, 5) is 2.41. The van der Waals surface area contributed by atoms with E-state index in [1.165, 1.54) is 65.6 Å². The molecule has 2 heterocycles. The second kappa shape index (κ2) is 16.7. The average Bonchev–Trinajstić information content (AvgIpc) is 4.00. The molecule has 0 unspecified atom stereocenters. The first-order valence-electron chi connectivity index (χ1n) is 24.3. The number of hydrogen-bond acceptors (Lipinski definition) is 2. The second-order valence-corrected chi connectivity index (χ2v) is 18.4. The van der Waals surface area contributed by atoms with Crippen molar-refractivity contribution in [3.63, 3.8) is 0 Å². The maximum Gasteiger partial charge on any atom is 0.136 e. The van der Waals surface area contributed by atoms with E-state index in [1.54, 1.807) is 0 Å². The van der Waals surface area contributed by atoms with Crippen LogP contribution in [-0.4, -0.2) is 4.57 Å². The molecule has 0 amide bonds. The van der Waals surface area contributed by atoms with Crippen molar-refractivity contribution in [1.82, 2.24) is 4.57 Å². The fourth-order valence-corrected chi connectivity index (χ4v) is 11.0. The normalized spacial score (nSPS) is 11.7. The van der Waals surface area contributed by atoms with Crippen molar-refractivity contribution < 1.29 is 4.42 Å². The highest BCUT2D eigenvalue weighted by atomic mass is 16.3. The molecule has 0 aliphatic rings. The predicted octanol–water partition coefficient (Wildman–Crippen LogP) is 19.1. The molecule has 12 aromatic carbocycles. The van der Waals surface area contributed by atoms with Gasteiger partial charge in [0.15, 0.2) is 0 Å². The van der Waals surface area contributed by atoms with Gasteiger partial charge in [0.25, 0.3) is 0 Å². The summed E-state index contributed by atoms with van der Waals surface area (Å²) in [6.45, 7) is 0. The van der Waals surface area contributed by atoms with E-state index in [1.807, 2.05) is 12.1 Å². The molecular formula is C68H44N2O. The number of aromatic nitrogens is 1. The lowest BCUT2D eigenvalue weighted by Gasteiger charge is -2.28. The van der Waals surface area contributed by atoms with E-state index >= 15 is 0 Å². The smallest absolute Gasteiger partial charge is 0.136 e. The zero-order valence-corrected chi connectivity index (χ0v) is 38.7. The fourth-order valence-electron chi connectivity index (χ4n) is 11.0. The minimum Gasteiger partial charge on any atom is -0.456 e. The topological polar surface area (TPSA) is 21.3 Å². The SMILES string of the molecule is c1cc(-c2ccc(N(c3ccc(-c4ccc(-c5cccc(-n6c7ccccc7c7ccccc76)c5)cc4)cc3)c3cc4ccccc4c4ccccc34)cc2)cc(-c2cccc3oc4ccccc4c23)c1. The van der Waals surface area contributed by atoms with Crippen LogP contribution in [0.4, 0.5) is 17.1 Å². The Labute approximate surface area is 411 Å². The molecule has 2 aromatic heterocycles. The van der Waals surface area contributed by atoms with E-state index in [-0.39, 0.29) is 0 Å². The van der Waals surface area contributed by atoms with Crippen LogP contribution in [0.5, 0.6) is 0 Å². The monoisotopic (exact) mass is 904 g/mol. The van der Waals surface area contributed by atoms with Crippen molar-refractivity contribution in [2.75, 3.05) is 4.90 Å². The Kier molecular flexibility index (Phi) is 9.53. The van der Waals surface area contributed by atoms with Crippen LogP contribution in [0.25, 0.3) is 115 Å². The van der Waals surface area contributed by atoms with Gasteiger partial charge >= 0.3 is 0 Å². The molecule has 0 atom stereocenters. The zero-order chi connectivity index (χ0) is 46.8. The minimum atomic E-state index is 0.902. The molecule has 0 spiro atoms. The molecule has 71 heavy (non-hydrogen) atoms. The van der Waals surface area contributed by atoms with E-state index in [0.717, 1.165) is 66.9 Å². The number of nitrogens with zero attached hydrogens (tertiary/aromatic N) is 2. The Morgan fingerprint density at radius 1 is 0.296 bits per heavy atom. The Bertz CT molecular complexity index is 4280. The molecule has 14 aromatic rings. The summed E-state index contributed by atoms with van der Waals surface area (Å²) >= 11 is 0. The highest BCUT2D eigenvalue weighted by molar-refractivity contribution is 6.15. The highest BCUT2D eigenvalue weighted by Gasteiger charge is 2.19. The van der Waals surface area contributed by atoms with Gasteiger partial charge in [0.05, 0.1) is 16.7 Å². The number of hydrogen-bond donors (Lipinski definition) is 0. The lowest BCUT2D eigenvalue weighted by molar-refractivity contribution is 0.669. The van der Waals surface area contributed by atoms with Gasteiger partial charge in [-0.15, -0.1) is 0 Å².